The lowest BCUT2D eigenvalue weighted by atomic mass is 10.2. The number of rotatable bonds is 7. The van der Waals surface area contributed by atoms with Gasteiger partial charge in [0.05, 0.1) is 11.1 Å². The maximum absolute atomic E-state index is 13.1. The molecular weight excluding hydrogens is 337 g/mol. The van der Waals surface area contributed by atoms with Gasteiger partial charge in [0.15, 0.2) is 0 Å². The van der Waals surface area contributed by atoms with Gasteiger partial charge in [0.25, 0.3) is 0 Å². The molecule has 5 heteroatoms. The third-order valence-corrected chi connectivity index (χ3v) is 3.50. The van der Waals surface area contributed by atoms with Gasteiger partial charge in [-0.05, 0) is 40.2 Å². The molecule has 0 radical (unpaired) electrons. The minimum atomic E-state index is -0.302. The van der Waals surface area contributed by atoms with Crippen molar-refractivity contribution in [1.29, 1.82) is 0 Å². The summed E-state index contributed by atoms with van der Waals surface area (Å²) in [5.74, 6) is 1.03. The molecule has 0 aromatic heterocycles. The van der Waals surface area contributed by atoms with Crippen LogP contribution in [0.15, 0.2) is 46.9 Å². The first-order valence-corrected chi connectivity index (χ1v) is 7.40. The van der Waals surface area contributed by atoms with Gasteiger partial charge in [-0.2, -0.15) is 0 Å². The molecule has 0 fully saturated rings. The first-order valence-electron chi connectivity index (χ1n) is 6.61. The molecule has 112 valence electrons. The largest absolute Gasteiger partial charge is 0.456 e. The second kappa shape index (κ2) is 8.12. The third kappa shape index (κ3) is 4.81. The molecule has 0 aliphatic heterocycles. The van der Waals surface area contributed by atoms with Crippen molar-refractivity contribution in [3.05, 3.63) is 58.3 Å². The average molecular weight is 354 g/mol. The highest BCUT2D eigenvalue weighted by Crippen LogP contribution is 2.31. The number of methoxy groups -OCH3 is 1. The number of hydrogen-bond donors (Lipinski definition) is 1. The van der Waals surface area contributed by atoms with E-state index in [9.17, 15) is 4.39 Å². The van der Waals surface area contributed by atoms with Gasteiger partial charge in [0.2, 0.25) is 0 Å². The number of benzene rings is 2. The quantitative estimate of drug-likeness (QED) is 0.759. The summed E-state index contributed by atoms with van der Waals surface area (Å²) < 4.78 is 24.5. The highest BCUT2D eigenvalue weighted by atomic mass is 79.9. The minimum absolute atomic E-state index is 0.302. The number of para-hydroxylation sites is 1. The maximum Gasteiger partial charge on any atom is 0.141 e. The molecule has 0 saturated carbocycles. The van der Waals surface area contributed by atoms with E-state index in [-0.39, 0.29) is 5.82 Å². The van der Waals surface area contributed by atoms with Crippen molar-refractivity contribution >= 4 is 15.9 Å². The van der Waals surface area contributed by atoms with E-state index < -0.39 is 0 Å². The Hall–Kier alpha value is -1.43. The molecule has 3 nitrogen and oxygen atoms in total. The van der Waals surface area contributed by atoms with Crippen LogP contribution >= 0.6 is 15.9 Å². The van der Waals surface area contributed by atoms with Crippen molar-refractivity contribution in [3.63, 3.8) is 0 Å². The third-order valence-electron chi connectivity index (χ3n) is 2.88. The second-order valence-corrected chi connectivity index (χ2v) is 5.31. The highest BCUT2D eigenvalue weighted by Gasteiger charge is 2.07. The summed E-state index contributed by atoms with van der Waals surface area (Å²) in [5, 5.41) is 3.28. The summed E-state index contributed by atoms with van der Waals surface area (Å²) in [6.45, 7) is 2.11. The molecule has 0 atom stereocenters. The lowest BCUT2D eigenvalue weighted by Crippen LogP contribution is -2.18. The Balaban J connectivity index is 2.08. The van der Waals surface area contributed by atoms with Gasteiger partial charge in [-0.15, -0.1) is 0 Å². The van der Waals surface area contributed by atoms with Crippen molar-refractivity contribution in [2.75, 3.05) is 20.3 Å². The minimum Gasteiger partial charge on any atom is -0.456 e. The molecule has 0 spiro atoms. The Morgan fingerprint density at radius 3 is 2.71 bits per heavy atom. The molecule has 0 bridgehead atoms. The van der Waals surface area contributed by atoms with Gasteiger partial charge in [0.1, 0.15) is 17.3 Å². The van der Waals surface area contributed by atoms with Crippen LogP contribution in [0.1, 0.15) is 5.56 Å². The maximum atomic E-state index is 13.1. The van der Waals surface area contributed by atoms with E-state index in [0.29, 0.717) is 23.4 Å². The molecule has 0 amide bonds. The van der Waals surface area contributed by atoms with Gasteiger partial charge < -0.3 is 14.8 Å². The van der Waals surface area contributed by atoms with Gasteiger partial charge in [-0.1, -0.05) is 18.2 Å². The van der Waals surface area contributed by atoms with Crippen LogP contribution < -0.4 is 10.1 Å². The highest BCUT2D eigenvalue weighted by molar-refractivity contribution is 9.10. The summed E-state index contributed by atoms with van der Waals surface area (Å²) in [7, 11) is 1.67. The van der Waals surface area contributed by atoms with E-state index in [4.69, 9.17) is 9.47 Å². The molecular formula is C16H17BrFNO2. The van der Waals surface area contributed by atoms with Crippen molar-refractivity contribution < 1.29 is 13.9 Å². The molecule has 2 rings (SSSR count). The molecule has 1 N–H and O–H groups in total. The van der Waals surface area contributed by atoms with Crippen molar-refractivity contribution in [2.24, 2.45) is 0 Å². The van der Waals surface area contributed by atoms with Crippen LogP contribution in [0.2, 0.25) is 0 Å². The van der Waals surface area contributed by atoms with Gasteiger partial charge in [-0.3, -0.25) is 0 Å². The molecule has 0 heterocycles. The van der Waals surface area contributed by atoms with E-state index in [2.05, 4.69) is 21.2 Å². The second-order valence-electron chi connectivity index (χ2n) is 4.45. The fourth-order valence-electron chi connectivity index (χ4n) is 1.82. The molecule has 21 heavy (non-hydrogen) atoms. The predicted octanol–water partition coefficient (Wildman–Crippen LogP) is 4.12. The van der Waals surface area contributed by atoms with Crippen molar-refractivity contribution in [2.45, 2.75) is 6.54 Å². The lowest BCUT2D eigenvalue weighted by Gasteiger charge is -2.13. The monoisotopic (exact) mass is 353 g/mol. The van der Waals surface area contributed by atoms with Crippen LogP contribution in [0.4, 0.5) is 4.39 Å². The van der Waals surface area contributed by atoms with E-state index in [1.807, 2.05) is 24.3 Å². The Kier molecular flexibility index (Phi) is 6.17. The van der Waals surface area contributed by atoms with Crippen LogP contribution in [0, 0.1) is 5.82 Å². The standard InChI is InChI=1S/C16H17BrFNO2/c1-20-9-8-19-11-12-4-2-3-5-15(12)21-16-7-6-13(18)10-14(16)17/h2-7,10,19H,8-9,11H2,1H3. The molecule has 2 aromatic rings. The van der Waals surface area contributed by atoms with Gasteiger partial charge in [-0.25, -0.2) is 4.39 Å². The van der Waals surface area contributed by atoms with E-state index in [0.717, 1.165) is 17.9 Å². The number of hydrogen-bond acceptors (Lipinski definition) is 3. The lowest BCUT2D eigenvalue weighted by molar-refractivity contribution is 0.199. The molecule has 0 unspecified atom stereocenters. The van der Waals surface area contributed by atoms with Crippen LogP contribution in [-0.4, -0.2) is 20.3 Å². The SMILES string of the molecule is COCCNCc1ccccc1Oc1ccc(F)cc1Br. The first-order chi connectivity index (χ1) is 10.2. The molecule has 0 aliphatic rings. The van der Waals surface area contributed by atoms with Crippen LogP contribution in [0.25, 0.3) is 0 Å². The molecule has 0 saturated heterocycles. The Labute approximate surface area is 132 Å². The predicted molar refractivity (Wildman–Crippen MR) is 84.2 cm³/mol. The van der Waals surface area contributed by atoms with Crippen molar-refractivity contribution in [3.8, 4) is 11.5 Å². The summed E-state index contributed by atoms with van der Waals surface area (Å²) in [6.07, 6.45) is 0. The van der Waals surface area contributed by atoms with E-state index >= 15 is 0 Å². The molecule has 0 aliphatic carbocycles. The Morgan fingerprint density at radius 2 is 1.95 bits per heavy atom. The fraction of sp³-hybridized carbons (Fsp3) is 0.250. The van der Waals surface area contributed by atoms with Gasteiger partial charge in [0, 0.05) is 25.8 Å². The van der Waals surface area contributed by atoms with Gasteiger partial charge >= 0.3 is 0 Å². The van der Waals surface area contributed by atoms with Crippen LogP contribution in [0.5, 0.6) is 11.5 Å². The van der Waals surface area contributed by atoms with Crippen molar-refractivity contribution in [1.82, 2.24) is 5.32 Å². The first kappa shape index (κ1) is 15.9. The summed E-state index contributed by atoms with van der Waals surface area (Å²) in [5.41, 5.74) is 1.03. The summed E-state index contributed by atoms with van der Waals surface area (Å²) in [4.78, 5) is 0. The zero-order valence-corrected chi connectivity index (χ0v) is 13.3. The zero-order valence-electron chi connectivity index (χ0n) is 11.7. The fourth-order valence-corrected chi connectivity index (χ4v) is 2.25. The van der Waals surface area contributed by atoms with E-state index in [1.165, 1.54) is 12.1 Å². The number of nitrogens with one attached hydrogen (secondary N) is 1. The summed E-state index contributed by atoms with van der Waals surface area (Å²) in [6, 6.07) is 12.1. The normalized spacial score (nSPS) is 10.6. The Bertz CT molecular complexity index is 592. The van der Waals surface area contributed by atoms with E-state index in [1.54, 1.807) is 13.2 Å². The smallest absolute Gasteiger partial charge is 0.141 e. The summed E-state index contributed by atoms with van der Waals surface area (Å²) >= 11 is 3.31. The van der Waals surface area contributed by atoms with Crippen LogP contribution in [0.3, 0.4) is 0 Å². The number of halogens is 2. The number of ether oxygens (including phenoxy) is 2. The average Bonchev–Trinajstić information content (AvgIpc) is 2.48. The zero-order chi connectivity index (χ0) is 15.1. The topological polar surface area (TPSA) is 30.5 Å². The molecule has 2 aromatic carbocycles. The Morgan fingerprint density at radius 1 is 1.14 bits per heavy atom. The van der Waals surface area contributed by atoms with Crippen LogP contribution in [-0.2, 0) is 11.3 Å².